The van der Waals surface area contributed by atoms with Gasteiger partial charge >= 0.3 is 0 Å². The quantitative estimate of drug-likeness (QED) is 0.848. The maximum Gasteiger partial charge on any atom is 0.0593 e. The Labute approximate surface area is 119 Å². The Morgan fingerprint density at radius 2 is 2.05 bits per heavy atom. The van der Waals surface area contributed by atoms with Gasteiger partial charge in [-0.2, -0.15) is 0 Å². The summed E-state index contributed by atoms with van der Waals surface area (Å²) >= 11 is 0. The van der Waals surface area contributed by atoms with Gasteiger partial charge in [-0.3, -0.25) is 0 Å². The second-order valence-electron chi connectivity index (χ2n) is 6.94. The van der Waals surface area contributed by atoms with Gasteiger partial charge in [0.2, 0.25) is 0 Å². The molecule has 1 saturated carbocycles. The van der Waals surface area contributed by atoms with Crippen LogP contribution in [0.2, 0.25) is 0 Å². The van der Waals surface area contributed by atoms with Crippen LogP contribution in [0, 0.1) is 11.3 Å². The summed E-state index contributed by atoms with van der Waals surface area (Å²) in [5.74, 6) is 0.807. The lowest BCUT2D eigenvalue weighted by molar-refractivity contribution is 0.0770. The summed E-state index contributed by atoms with van der Waals surface area (Å²) in [5, 5.41) is 3.77. The molecular formula is C16H32N2O. The molecule has 0 amide bonds. The minimum Gasteiger partial charge on any atom is -0.380 e. The van der Waals surface area contributed by atoms with Crippen molar-refractivity contribution in [3.05, 3.63) is 0 Å². The number of rotatable bonds is 4. The monoisotopic (exact) mass is 268 g/mol. The van der Waals surface area contributed by atoms with Crippen molar-refractivity contribution in [1.29, 1.82) is 0 Å². The van der Waals surface area contributed by atoms with Gasteiger partial charge in [-0.15, -0.1) is 0 Å². The fraction of sp³-hybridized carbons (Fsp3) is 1.00. The third-order valence-electron chi connectivity index (χ3n) is 4.94. The molecule has 1 heterocycles. The van der Waals surface area contributed by atoms with Gasteiger partial charge in [0.25, 0.3) is 0 Å². The van der Waals surface area contributed by atoms with Crippen molar-refractivity contribution in [3.8, 4) is 0 Å². The van der Waals surface area contributed by atoms with Crippen LogP contribution < -0.4 is 5.32 Å². The van der Waals surface area contributed by atoms with Gasteiger partial charge in [0, 0.05) is 32.3 Å². The highest BCUT2D eigenvalue weighted by Crippen LogP contribution is 2.39. The van der Waals surface area contributed by atoms with Crippen molar-refractivity contribution in [2.75, 3.05) is 39.4 Å². The largest absolute Gasteiger partial charge is 0.380 e. The second-order valence-corrected chi connectivity index (χ2v) is 6.94. The first-order chi connectivity index (χ1) is 9.13. The summed E-state index contributed by atoms with van der Waals surface area (Å²) in [6.45, 7) is 13.7. The van der Waals surface area contributed by atoms with Crippen LogP contribution in [0.15, 0.2) is 0 Å². The molecule has 3 heteroatoms. The van der Waals surface area contributed by atoms with Crippen molar-refractivity contribution in [3.63, 3.8) is 0 Å². The maximum atomic E-state index is 5.57. The van der Waals surface area contributed by atoms with Gasteiger partial charge in [-0.05, 0) is 37.1 Å². The average Bonchev–Trinajstić information content (AvgIpc) is 2.62. The van der Waals surface area contributed by atoms with Gasteiger partial charge in [-0.1, -0.05) is 27.2 Å². The highest BCUT2D eigenvalue weighted by molar-refractivity contribution is 4.94. The van der Waals surface area contributed by atoms with E-state index in [1.807, 2.05) is 0 Å². The first-order valence-corrected chi connectivity index (χ1v) is 8.17. The topological polar surface area (TPSA) is 24.5 Å². The Hall–Kier alpha value is -0.120. The highest BCUT2D eigenvalue weighted by atomic mass is 16.5. The lowest BCUT2D eigenvalue weighted by atomic mass is 9.67. The molecule has 2 fully saturated rings. The van der Waals surface area contributed by atoms with E-state index in [0.29, 0.717) is 11.5 Å². The standard InChI is InChI=1S/C16H32N2O/c1-4-17-15-14(7-5-8-16(15,2)3)13-18-9-6-11-19-12-10-18/h14-15,17H,4-13H2,1-3H3. The average molecular weight is 268 g/mol. The van der Waals surface area contributed by atoms with Crippen molar-refractivity contribution >= 4 is 0 Å². The van der Waals surface area contributed by atoms with Crippen LogP contribution in [-0.4, -0.2) is 50.3 Å². The first-order valence-electron chi connectivity index (χ1n) is 8.17. The molecular weight excluding hydrogens is 236 g/mol. The summed E-state index contributed by atoms with van der Waals surface area (Å²) in [6, 6.07) is 0.676. The molecule has 19 heavy (non-hydrogen) atoms. The molecule has 1 aliphatic heterocycles. The summed E-state index contributed by atoms with van der Waals surface area (Å²) < 4.78 is 5.57. The van der Waals surface area contributed by atoms with Crippen molar-refractivity contribution < 1.29 is 4.74 Å². The molecule has 2 aliphatic rings. The van der Waals surface area contributed by atoms with E-state index in [9.17, 15) is 0 Å². The van der Waals surface area contributed by atoms with Crippen molar-refractivity contribution in [2.24, 2.45) is 11.3 Å². The van der Waals surface area contributed by atoms with Crippen LogP contribution in [-0.2, 0) is 4.74 Å². The van der Waals surface area contributed by atoms with Gasteiger partial charge in [0.1, 0.15) is 0 Å². The zero-order valence-corrected chi connectivity index (χ0v) is 13.1. The van der Waals surface area contributed by atoms with Crippen molar-refractivity contribution in [1.82, 2.24) is 10.2 Å². The summed E-state index contributed by atoms with van der Waals surface area (Å²) in [5.41, 5.74) is 0.446. The predicted molar refractivity (Wildman–Crippen MR) is 80.5 cm³/mol. The van der Waals surface area contributed by atoms with Gasteiger partial charge < -0.3 is 15.0 Å². The van der Waals surface area contributed by atoms with E-state index in [4.69, 9.17) is 4.74 Å². The third kappa shape index (κ3) is 4.17. The fourth-order valence-corrected chi connectivity index (χ4v) is 3.95. The SMILES string of the molecule is CCNC1C(CN2CCCOCC2)CCCC1(C)C. The number of hydrogen-bond donors (Lipinski definition) is 1. The predicted octanol–water partition coefficient (Wildman–Crippen LogP) is 2.51. The van der Waals surface area contributed by atoms with Gasteiger partial charge in [0.15, 0.2) is 0 Å². The molecule has 112 valence electrons. The molecule has 2 atom stereocenters. The Bertz CT molecular complexity index is 259. The smallest absolute Gasteiger partial charge is 0.0593 e. The first kappa shape index (κ1) is 15.3. The molecule has 0 aromatic carbocycles. The number of ether oxygens (including phenoxy) is 1. The third-order valence-corrected chi connectivity index (χ3v) is 4.94. The minimum absolute atomic E-state index is 0.446. The molecule has 0 bridgehead atoms. The van der Waals surface area contributed by atoms with E-state index >= 15 is 0 Å². The van der Waals surface area contributed by atoms with Crippen LogP contribution in [0.4, 0.5) is 0 Å². The molecule has 3 nitrogen and oxygen atoms in total. The Kier molecular flexibility index (Phi) is 5.67. The Morgan fingerprint density at radius 1 is 1.21 bits per heavy atom. The Morgan fingerprint density at radius 3 is 2.84 bits per heavy atom. The van der Waals surface area contributed by atoms with Crippen LogP contribution in [0.25, 0.3) is 0 Å². The molecule has 0 radical (unpaired) electrons. The van der Waals surface area contributed by atoms with E-state index in [-0.39, 0.29) is 0 Å². The molecule has 0 aromatic heterocycles. The molecule has 1 aliphatic carbocycles. The molecule has 2 rings (SSSR count). The van der Waals surface area contributed by atoms with E-state index in [1.165, 1.54) is 38.8 Å². The number of nitrogens with one attached hydrogen (secondary N) is 1. The number of nitrogens with zero attached hydrogens (tertiary/aromatic N) is 1. The van der Waals surface area contributed by atoms with Crippen molar-refractivity contribution in [2.45, 2.75) is 52.5 Å². The van der Waals surface area contributed by atoms with E-state index in [1.54, 1.807) is 0 Å². The van der Waals surface area contributed by atoms with Crippen LogP contribution in [0.5, 0.6) is 0 Å². The normalized spacial score (nSPS) is 33.0. The molecule has 0 aromatic rings. The van der Waals surface area contributed by atoms with Crippen LogP contribution >= 0.6 is 0 Å². The lowest BCUT2D eigenvalue weighted by Crippen LogP contribution is -2.53. The summed E-state index contributed by atoms with van der Waals surface area (Å²) in [6.07, 6.45) is 5.34. The van der Waals surface area contributed by atoms with E-state index in [2.05, 4.69) is 31.0 Å². The maximum absolute atomic E-state index is 5.57. The lowest BCUT2D eigenvalue weighted by Gasteiger charge is -2.46. The second kappa shape index (κ2) is 7.05. The molecule has 1 saturated heterocycles. The fourth-order valence-electron chi connectivity index (χ4n) is 3.95. The molecule has 1 N–H and O–H groups in total. The van der Waals surface area contributed by atoms with E-state index in [0.717, 1.165) is 32.2 Å². The van der Waals surface area contributed by atoms with Crippen LogP contribution in [0.3, 0.4) is 0 Å². The minimum atomic E-state index is 0.446. The molecule has 0 spiro atoms. The Balaban J connectivity index is 1.95. The zero-order valence-electron chi connectivity index (χ0n) is 13.1. The highest BCUT2D eigenvalue weighted by Gasteiger charge is 2.38. The van der Waals surface area contributed by atoms with Gasteiger partial charge in [-0.25, -0.2) is 0 Å². The van der Waals surface area contributed by atoms with Crippen LogP contribution in [0.1, 0.15) is 46.5 Å². The summed E-state index contributed by atoms with van der Waals surface area (Å²) in [4.78, 5) is 2.63. The molecule has 2 unspecified atom stereocenters. The summed E-state index contributed by atoms with van der Waals surface area (Å²) in [7, 11) is 0. The number of hydrogen-bond acceptors (Lipinski definition) is 3. The van der Waals surface area contributed by atoms with E-state index < -0.39 is 0 Å². The zero-order chi connectivity index (χ0) is 13.7. The van der Waals surface area contributed by atoms with Gasteiger partial charge in [0.05, 0.1) is 6.61 Å².